The van der Waals surface area contributed by atoms with Crippen molar-refractivity contribution in [2.75, 3.05) is 7.05 Å². The highest BCUT2D eigenvalue weighted by Crippen LogP contribution is 2.68. The zero-order chi connectivity index (χ0) is 32.2. The van der Waals surface area contributed by atoms with Crippen molar-refractivity contribution in [3.8, 4) is 0 Å². The van der Waals surface area contributed by atoms with Gasteiger partial charge in [-0.25, -0.2) is 0 Å². The third-order valence-corrected chi connectivity index (χ3v) is 12.5. The molecule has 248 valence electrons. The molecule has 0 aromatic rings. The van der Waals surface area contributed by atoms with Crippen LogP contribution in [0.1, 0.15) is 99.3 Å². The number of hydrogen-bond donors (Lipinski definition) is 2. The Bertz CT molecular complexity index is 1150. The molecule has 11 heteroatoms. The van der Waals surface area contributed by atoms with Crippen LogP contribution in [-0.4, -0.2) is 73.2 Å². The lowest BCUT2D eigenvalue weighted by Gasteiger charge is -2.64. The van der Waals surface area contributed by atoms with E-state index in [2.05, 4.69) is 19.2 Å². The molecule has 0 aromatic heterocycles. The highest BCUT2D eigenvalue weighted by atomic mass is 16.7. The summed E-state index contributed by atoms with van der Waals surface area (Å²) in [6.07, 6.45) is 3.56. The molecule has 4 aliphatic carbocycles. The molecule has 3 N–H and O–H groups in total. The van der Waals surface area contributed by atoms with Crippen LogP contribution in [-0.2, 0) is 42.9 Å². The van der Waals surface area contributed by atoms with Gasteiger partial charge in [-0.15, -0.1) is 0 Å². The van der Waals surface area contributed by atoms with Crippen LogP contribution in [0.15, 0.2) is 0 Å². The number of amides is 1. The van der Waals surface area contributed by atoms with E-state index in [1.54, 1.807) is 14.0 Å². The van der Waals surface area contributed by atoms with Crippen LogP contribution in [0.4, 0.5) is 0 Å². The van der Waals surface area contributed by atoms with Gasteiger partial charge in [-0.1, -0.05) is 13.8 Å². The molecule has 44 heavy (non-hydrogen) atoms. The predicted molar refractivity (Wildman–Crippen MR) is 159 cm³/mol. The molecule has 5 fully saturated rings. The zero-order valence-corrected chi connectivity index (χ0v) is 27.4. The summed E-state index contributed by atoms with van der Waals surface area (Å²) in [7, 11) is 1.73. The molecule has 1 aliphatic heterocycles. The second kappa shape index (κ2) is 12.2. The average Bonchev–Trinajstić information content (AvgIpc) is 3.23. The molecule has 1 heterocycles. The maximum atomic E-state index is 12.8. The van der Waals surface area contributed by atoms with Gasteiger partial charge in [-0.3, -0.25) is 19.2 Å². The molecule has 4 saturated carbocycles. The fourth-order valence-corrected chi connectivity index (χ4v) is 10.3. The number of nitrogens with two attached hydrogens (primary N) is 1. The first-order valence-electron chi connectivity index (χ1n) is 16.5. The number of esters is 3. The third-order valence-electron chi connectivity index (χ3n) is 12.5. The molecule has 5 aliphatic rings. The average molecular weight is 621 g/mol. The Hall–Kier alpha value is -2.24. The zero-order valence-electron chi connectivity index (χ0n) is 27.4. The molecule has 11 nitrogen and oxygen atoms in total. The first-order valence-corrected chi connectivity index (χ1v) is 16.5. The summed E-state index contributed by atoms with van der Waals surface area (Å²) in [5, 5.41) is 2.89. The summed E-state index contributed by atoms with van der Waals surface area (Å²) < 4.78 is 29.4. The molecule has 0 bridgehead atoms. The van der Waals surface area contributed by atoms with Crippen LogP contribution in [0.5, 0.6) is 0 Å². The lowest BCUT2D eigenvalue weighted by Crippen LogP contribution is -2.67. The molecule has 1 saturated heterocycles. The monoisotopic (exact) mass is 620 g/mol. The normalized spacial score (nSPS) is 46.5. The Labute approximate surface area is 260 Å². The van der Waals surface area contributed by atoms with Crippen molar-refractivity contribution >= 4 is 23.8 Å². The first kappa shape index (κ1) is 33.1. The van der Waals surface area contributed by atoms with Gasteiger partial charge in [-0.2, -0.15) is 0 Å². The Kier molecular flexibility index (Phi) is 9.17. The summed E-state index contributed by atoms with van der Waals surface area (Å²) in [5.41, 5.74) is 6.97. The quantitative estimate of drug-likeness (QED) is 0.257. The number of rotatable bonds is 6. The van der Waals surface area contributed by atoms with Gasteiger partial charge in [0.2, 0.25) is 5.91 Å². The number of carbonyl (C=O) groups excluding carboxylic acids is 4. The molecule has 5 rings (SSSR count). The lowest BCUT2D eigenvalue weighted by atomic mass is 9.42. The largest absolute Gasteiger partial charge is 0.456 e. The van der Waals surface area contributed by atoms with E-state index in [-0.39, 0.29) is 34.3 Å². The minimum Gasteiger partial charge on any atom is -0.456 e. The van der Waals surface area contributed by atoms with Gasteiger partial charge < -0.3 is 34.7 Å². The summed E-state index contributed by atoms with van der Waals surface area (Å²) >= 11 is 0. The lowest BCUT2D eigenvalue weighted by molar-refractivity contribution is -0.315. The van der Waals surface area contributed by atoms with E-state index >= 15 is 0 Å². The third kappa shape index (κ3) is 5.55. The molecule has 1 amide bonds. The number of hydrogen-bond acceptors (Lipinski definition) is 10. The fraction of sp³-hybridized carbons (Fsp3) is 0.879. The summed E-state index contributed by atoms with van der Waals surface area (Å²) in [4.78, 5) is 48.9. The van der Waals surface area contributed by atoms with Crippen LogP contribution in [0.25, 0.3) is 0 Å². The van der Waals surface area contributed by atoms with Crippen molar-refractivity contribution in [1.82, 2.24) is 5.32 Å². The molecule has 13 atom stereocenters. The van der Waals surface area contributed by atoms with Gasteiger partial charge in [0.05, 0.1) is 12.2 Å². The predicted octanol–water partition coefficient (Wildman–Crippen LogP) is 3.40. The summed E-state index contributed by atoms with van der Waals surface area (Å²) in [6.45, 7) is 10.2. The minimum atomic E-state index is -1.09. The van der Waals surface area contributed by atoms with Crippen molar-refractivity contribution in [3.63, 3.8) is 0 Å². The van der Waals surface area contributed by atoms with Crippen LogP contribution < -0.4 is 11.1 Å². The van der Waals surface area contributed by atoms with E-state index in [1.165, 1.54) is 20.8 Å². The van der Waals surface area contributed by atoms with Gasteiger partial charge in [0, 0.05) is 39.3 Å². The van der Waals surface area contributed by atoms with Gasteiger partial charge in [0.15, 0.2) is 24.6 Å². The standard InChI is InChI=1S/C33H52N2O9/c1-17-26(41-18(2)36)27(42-19(3)37)28(43-20(4)38)30(40-17)44-22-10-13-31(5)21(16-22)8-9-24-23(31)11-14-32(6)25(29(39)35-7)12-15-33(24,32)34/h17,21-28,30H,8-16,34H2,1-7H3,(H,35,39)/t17-,21+,22-,23-,24+,25+,26-,27+,28+,30-,31-,32+,33-/m0/s1. The Morgan fingerprint density at radius 1 is 0.795 bits per heavy atom. The maximum Gasteiger partial charge on any atom is 0.303 e. The molecule has 0 spiro atoms. The van der Waals surface area contributed by atoms with Crippen molar-refractivity contribution in [2.45, 2.75) is 142 Å². The topological polar surface area (TPSA) is 152 Å². The highest BCUT2D eigenvalue weighted by molar-refractivity contribution is 5.80. The van der Waals surface area contributed by atoms with E-state index in [0.717, 1.165) is 57.8 Å². The number of fused-ring (bicyclic) bond motifs is 5. The molecular weight excluding hydrogens is 568 g/mol. The van der Waals surface area contributed by atoms with E-state index < -0.39 is 48.6 Å². The molecule has 0 radical (unpaired) electrons. The minimum absolute atomic E-state index is 0.0348. The molecule has 0 unspecified atom stereocenters. The fourth-order valence-electron chi connectivity index (χ4n) is 10.3. The SMILES string of the molecule is CNC(=O)[C@H]1CC[C@]2(N)[C@@H]3CC[C@@H]4C[C@@H](O[C@@H]5O[C@@H](C)[C@H](OC(C)=O)[C@@H](OC(C)=O)[C@H]5OC(C)=O)CC[C@]4(C)[C@H]3CC[C@]12C. The van der Waals surface area contributed by atoms with Gasteiger partial charge in [0.1, 0.15) is 0 Å². The maximum absolute atomic E-state index is 12.8. The van der Waals surface area contributed by atoms with Crippen molar-refractivity contribution in [2.24, 2.45) is 40.2 Å². The van der Waals surface area contributed by atoms with Gasteiger partial charge in [0.25, 0.3) is 0 Å². The van der Waals surface area contributed by atoms with Crippen molar-refractivity contribution in [3.05, 3.63) is 0 Å². The van der Waals surface area contributed by atoms with Gasteiger partial charge in [-0.05, 0) is 93.3 Å². The highest BCUT2D eigenvalue weighted by Gasteiger charge is 2.67. The van der Waals surface area contributed by atoms with Gasteiger partial charge >= 0.3 is 17.9 Å². The Balaban J connectivity index is 1.31. The van der Waals surface area contributed by atoms with E-state index in [1.807, 2.05) is 0 Å². The number of nitrogens with one attached hydrogen (secondary N) is 1. The second-order valence-corrected chi connectivity index (χ2v) is 14.7. The van der Waals surface area contributed by atoms with Crippen LogP contribution >= 0.6 is 0 Å². The molecular formula is C33H52N2O9. The van der Waals surface area contributed by atoms with Crippen LogP contribution in [0.2, 0.25) is 0 Å². The summed E-state index contributed by atoms with van der Waals surface area (Å²) in [6, 6.07) is 0. The van der Waals surface area contributed by atoms with E-state index in [9.17, 15) is 19.2 Å². The Morgan fingerprint density at radius 2 is 1.43 bits per heavy atom. The molecule has 0 aromatic carbocycles. The first-order chi connectivity index (χ1) is 20.6. The van der Waals surface area contributed by atoms with E-state index in [0.29, 0.717) is 17.8 Å². The smallest absolute Gasteiger partial charge is 0.303 e. The number of carbonyl (C=O) groups is 4. The van der Waals surface area contributed by atoms with Crippen LogP contribution in [0, 0.1) is 34.5 Å². The second-order valence-electron chi connectivity index (χ2n) is 14.7. The van der Waals surface area contributed by atoms with Crippen molar-refractivity contribution < 1.29 is 42.9 Å². The van der Waals surface area contributed by atoms with Crippen molar-refractivity contribution in [1.29, 1.82) is 0 Å². The van der Waals surface area contributed by atoms with E-state index in [4.69, 9.17) is 29.4 Å². The van der Waals surface area contributed by atoms with Crippen LogP contribution in [0.3, 0.4) is 0 Å². The number of ether oxygens (including phenoxy) is 5. The summed E-state index contributed by atoms with van der Waals surface area (Å²) in [5.74, 6) is -0.347. The Morgan fingerprint density at radius 3 is 2.07 bits per heavy atom.